The molecule has 42 heavy (non-hydrogen) atoms. The minimum Gasteiger partial charge on any atom is -0.490 e. The van der Waals surface area contributed by atoms with Crippen LogP contribution in [-0.2, 0) is 10.0 Å². The number of nitrogens with one attached hydrogen (secondary N) is 1. The second-order valence-corrected chi connectivity index (χ2v) is 12.3. The number of anilines is 1. The predicted octanol–water partition coefficient (Wildman–Crippen LogP) is 6.70. The molecule has 10 nitrogen and oxygen atoms in total. The molecule has 1 fully saturated rings. The van der Waals surface area contributed by atoms with Gasteiger partial charge in [-0.05, 0) is 49.6 Å². The van der Waals surface area contributed by atoms with Gasteiger partial charge in [-0.1, -0.05) is 48.0 Å². The number of para-hydroxylation sites is 1. The van der Waals surface area contributed by atoms with E-state index < -0.39 is 14.9 Å². The molecule has 2 heterocycles. The fourth-order valence-corrected chi connectivity index (χ4v) is 6.86. The van der Waals surface area contributed by atoms with Crippen LogP contribution in [0.5, 0.6) is 5.75 Å². The fraction of sp³-hybridized carbons (Fsp3) is 0.200. The molecule has 0 saturated heterocycles. The highest BCUT2D eigenvalue weighted by atomic mass is 35.5. The van der Waals surface area contributed by atoms with Crippen molar-refractivity contribution >= 4 is 44.2 Å². The molecular formula is C30H26ClN5O5S. The van der Waals surface area contributed by atoms with E-state index >= 15 is 0 Å². The van der Waals surface area contributed by atoms with E-state index in [-0.39, 0.29) is 22.7 Å². The third kappa shape index (κ3) is 5.53. The van der Waals surface area contributed by atoms with E-state index in [1.807, 2.05) is 12.1 Å². The minimum atomic E-state index is -3.87. The van der Waals surface area contributed by atoms with Crippen LogP contribution in [0, 0.1) is 10.1 Å². The standard InChI is InChI=1S/C30H26ClN5O5S/c31-27-18-32-30(33-20-7-6-8-23(17-20)41-22-15-13-21(14-16-22)36(37)38)34-29(27)26-19-35(28-12-5-4-11-25(26)28)42(39,40)24-9-2-1-3-10-24/h1-5,9-16,18-20,23H,6-8,17H2,(H,32,33,34)/t20-,23-/m1/s1. The Labute approximate surface area is 247 Å². The SMILES string of the molecule is O=[N+]([O-])c1ccc(O[C@@H]2CCC[C@@H](Nc3ncc(Cl)c(-c4cn(S(=O)(=O)c5ccccc5)c5ccccc45)n3)C2)cc1. The Morgan fingerprint density at radius 2 is 1.74 bits per heavy atom. The monoisotopic (exact) mass is 603 g/mol. The molecule has 1 aliphatic rings. The van der Waals surface area contributed by atoms with Gasteiger partial charge in [-0.25, -0.2) is 22.4 Å². The molecule has 2 aromatic heterocycles. The van der Waals surface area contributed by atoms with Gasteiger partial charge in [0.05, 0.1) is 32.2 Å². The lowest BCUT2D eigenvalue weighted by Gasteiger charge is -2.30. The summed E-state index contributed by atoms with van der Waals surface area (Å²) < 4.78 is 34.5. The summed E-state index contributed by atoms with van der Waals surface area (Å²) in [6, 6.07) is 21.6. The normalized spacial score (nSPS) is 17.2. The van der Waals surface area contributed by atoms with Gasteiger partial charge in [-0.3, -0.25) is 10.1 Å². The zero-order chi connectivity index (χ0) is 29.3. The maximum absolute atomic E-state index is 13.6. The van der Waals surface area contributed by atoms with Crippen LogP contribution in [0.15, 0.2) is 96.2 Å². The largest absolute Gasteiger partial charge is 0.490 e. The number of hydrogen-bond acceptors (Lipinski definition) is 8. The summed E-state index contributed by atoms with van der Waals surface area (Å²) in [6.07, 6.45) is 6.34. The maximum atomic E-state index is 13.6. The number of fused-ring (bicyclic) bond motifs is 1. The third-order valence-corrected chi connectivity index (χ3v) is 9.25. The van der Waals surface area contributed by atoms with Gasteiger partial charge in [0, 0.05) is 41.7 Å². The van der Waals surface area contributed by atoms with Crippen LogP contribution in [-0.4, -0.2) is 39.4 Å². The first kappa shape index (κ1) is 27.7. The van der Waals surface area contributed by atoms with Crippen molar-refractivity contribution in [2.75, 3.05) is 5.32 Å². The number of non-ortho nitro benzene ring substituents is 1. The molecular weight excluding hydrogens is 578 g/mol. The van der Waals surface area contributed by atoms with E-state index in [4.69, 9.17) is 21.3 Å². The van der Waals surface area contributed by atoms with Crippen LogP contribution < -0.4 is 10.1 Å². The van der Waals surface area contributed by atoms with Crippen molar-refractivity contribution in [1.29, 1.82) is 0 Å². The van der Waals surface area contributed by atoms with Gasteiger partial charge in [0.2, 0.25) is 5.95 Å². The first-order chi connectivity index (χ1) is 20.3. The zero-order valence-corrected chi connectivity index (χ0v) is 23.8. The molecule has 0 bridgehead atoms. The van der Waals surface area contributed by atoms with E-state index in [0.29, 0.717) is 45.3 Å². The molecule has 0 unspecified atom stereocenters. The Morgan fingerprint density at radius 3 is 2.50 bits per heavy atom. The van der Waals surface area contributed by atoms with Gasteiger partial charge < -0.3 is 10.1 Å². The van der Waals surface area contributed by atoms with Gasteiger partial charge in [0.25, 0.3) is 15.7 Å². The van der Waals surface area contributed by atoms with Crippen LogP contribution in [0.4, 0.5) is 11.6 Å². The molecule has 3 aromatic carbocycles. The molecule has 2 atom stereocenters. The average molecular weight is 604 g/mol. The zero-order valence-electron chi connectivity index (χ0n) is 22.3. The molecule has 6 rings (SSSR count). The Kier molecular flexibility index (Phi) is 7.53. The molecule has 0 spiro atoms. The number of halogens is 1. The van der Waals surface area contributed by atoms with Gasteiger partial charge >= 0.3 is 0 Å². The molecule has 1 saturated carbocycles. The van der Waals surface area contributed by atoms with Gasteiger partial charge in [-0.15, -0.1) is 0 Å². The van der Waals surface area contributed by atoms with Crippen LogP contribution in [0.2, 0.25) is 5.02 Å². The quantitative estimate of drug-likeness (QED) is 0.153. The number of hydrogen-bond donors (Lipinski definition) is 1. The molecule has 5 aromatic rings. The highest BCUT2D eigenvalue weighted by Crippen LogP contribution is 2.36. The molecule has 214 valence electrons. The van der Waals surface area contributed by atoms with Crippen molar-refractivity contribution in [3.05, 3.63) is 106 Å². The van der Waals surface area contributed by atoms with E-state index in [1.54, 1.807) is 60.8 Å². The molecule has 0 aliphatic heterocycles. The third-order valence-electron chi connectivity index (χ3n) is 7.29. The van der Waals surface area contributed by atoms with Crippen LogP contribution >= 0.6 is 11.6 Å². The Bertz CT molecular complexity index is 1860. The van der Waals surface area contributed by atoms with Crippen molar-refractivity contribution in [1.82, 2.24) is 13.9 Å². The first-order valence-electron chi connectivity index (χ1n) is 13.4. The number of rotatable bonds is 8. The van der Waals surface area contributed by atoms with Crippen molar-refractivity contribution < 1.29 is 18.1 Å². The Morgan fingerprint density at radius 1 is 1.00 bits per heavy atom. The maximum Gasteiger partial charge on any atom is 0.269 e. The van der Waals surface area contributed by atoms with Crippen LogP contribution in [0.1, 0.15) is 25.7 Å². The highest BCUT2D eigenvalue weighted by molar-refractivity contribution is 7.90. The number of aromatic nitrogens is 3. The smallest absolute Gasteiger partial charge is 0.269 e. The number of benzene rings is 3. The van der Waals surface area contributed by atoms with E-state index in [9.17, 15) is 18.5 Å². The van der Waals surface area contributed by atoms with Crippen molar-refractivity contribution in [2.45, 2.75) is 42.7 Å². The molecule has 12 heteroatoms. The summed E-state index contributed by atoms with van der Waals surface area (Å²) in [7, 11) is -3.87. The lowest BCUT2D eigenvalue weighted by Crippen LogP contribution is -2.33. The van der Waals surface area contributed by atoms with Gasteiger partial charge in [0.1, 0.15) is 11.9 Å². The highest BCUT2D eigenvalue weighted by Gasteiger charge is 2.26. The van der Waals surface area contributed by atoms with E-state index in [1.165, 1.54) is 22.3 Å². The number of nitrogens with zero attached hydrogens (tertiary/aromatic N) is 4. The molecule has 1 N–H and O–H groups in total. The summed E-state index contributed by atoms with van der Waals surface area (Å²) in [5.74, 6) is 0.955. The molecule has 1 aliphatic carbocycles. The average Bonchev–Trinajstić information content (AvgIpc) is 3.39. The van der Waals surface area contributed by atoms with Crippen molar-refractivity contribution in [2.24, 2.45) is 0 Å². The summed E-state index contributed by atoms with van der Waals surface area (Å²) in [4.78, 5) is 19.8. The Hall–Kier alpha value is -4.48. The second-order valence-electron chi connectivity index (χ2n) is 10.1. The lowest BCUT2D eigenvalue weighted by atomic mass is 9.93. The number of nitro groups is 1. The second kappa shape index (κ2) is 11.4. The summed E-state index contributed by atoms with van der Waals surface area (Å²) in [5, 5.41) is 15.3. The lowest BCUT2D eigenvalue weighted by molar-refractivity contribution is -0.384. The van der Waals surface area contributed by atoms with Crippen molar-refractivity contribution in [3.8, 4) is 17.0 Å². The van der Waals surface area contributed by atoms with Gasteiger partial charge in [-0.2, -0.15) is 0 Å². The summed E-state index contributed by atoms with van der Waals surface area (Å²) in [5.41, 5.74) is 1.52. The van der Waals surface area contributed by atoms with E-state index in [2.05, 4.69) is 10.3 Å². The van der Waals surface area contributed by atoms with E-state index in [0.717, 1.165) is 19.3 Å². The fourth-order valence-electron chi connectivity index (χ4n) is 5.27. The van der Waals surface area contributed by atoms with Gasteiger partial charge in [0.15, 0.2) is 0 Å². The van der Waals surface area contributed by atoms with Crippen LogP contribution in [0.3, 0.4) is 0 Å². The topological polar surface area (TPSA) is 129 Å². The first-order valence-corrected chi connectivity index (χ1v) is 15.2. The summed E-state index contributed by atoms with van der Waals surface area (Å²) >= 11 is 6.58. The molecule has 0 amide bonds. The molecule has 0 radical (unpaired) electrons. The number of nitro benzene ring substituents is 1. The number of ether oxygens (including phenoxy) is 1. The van der Waals surface area contributed by atoms with Crippen LogP contribution in [0.25, 0.3) is 22.2 Å². The van der Waals surface area contributed by atoms with Crippen molar-refractivity contribution in [3.63, 3.8) is 0 Å². The summed E-state index contributed by atoms with van der Waals surface area (Å²) in [6.45, 7) is 0. The minimum absolute atomic E-state index is 0.0158. The Balaban J connectivity index is 1.26. The predicted molar refractivity (Wildman–Crippen MR) is 160 cm³/mol.